The molecule has 0 radical (unpaired) electrons. The number of thioether (sulfide) groups is 1. The summed E-state index contributed by atoms with van der Waals surface area (Å²) in [6, 6.07) is 16.6. The molecule has 2 aromatic heterocycles. The topological polar surface area (TPSA) is 34.9 Å². The molecule has 0 N–H and O–H groups in total. The minimum atomic E-state index is 0.0315. The van der Waals surface area contributed by atoms with E-state index in [1.54, 1.807) is 27.7 Å². The van der Waals surface area contributed by atoms with Gasteiger partial charge in [-0.05, 0) is 54.2 Å². The minimum Gasteiger partial charge on any atom is -0.268 e. The highest BCUT2D eigenvalue weighted by atomic mass is 32.2. The van der Waals surface area contributed by atoms with Crippen LogP contribution < -0.4 is 5.56 Å². The third-order valence-corrected chi connectivity index (χ3v) is 7.38. The van der Waals surface area contributed by atoms with Gasteiger partial charge in [0.15, 0.2) is 5.16 Å². The van der Waals surface area contributed by atoms with Crippen molar-refractivity contribution in [2.45, 2.75) is 24.9 Å². The van der Waals surface area contributed by atoms with Crippen molar-refractivity contribution >= 4 is 33.3 Å². The highest BCUT2D eigenvalue weighted by Gasteiger charge is 2.25. The highest BCUT2D eigenvalue weighted by molar-refractivity contribution is 7.99. The minimum absolute atomic E-state index is 0.0315. The second kappa shape index (κ2) is 7.32. The van der Waals surface area contributed by atoms with Gasteiger partial charge in [0.1, 0.15) is 4.83 Å². The molecule has 1 aliphatic rings. The van der Waals surface area contributed by atoms with Crippen LogP contribution >= 0.6 is 23.1 Å². The molecule has 0 bridgehead atoms. The molecule has 0 saturated heterocycles. The fourth-order valence-electron chi connectivity index (χ4n) is 3.99. The molecule has 0 amide bonds. The first-order valence-electron chi connectivity index (χ1n) is 9.65. The van der Waals surface area contributed by atoms with Gasteiger partial charge >= 0.3 is 0 Å². The van der Waals surface area contributed by atoms with Crippen LogP contribution in [0.4, 0.5) is 0 Å². The summed E-state index contributed by atoms with van der Waals surface area (Å²) in [6.45, 7) is 5.86. The lowest BCUT2D eigenvalue weighted by atomic mass is 9.90. The number of thiophene rings is 1. The molecule has 0 saturated carbocycles. The molecule has 2 heterocycles. The van der Waals surface area contributed by atoms with Crippen LogP contribution in [0.25, 0.3) is 26.3 Å². The molecular weight excluding hydrogens is 396 g/mol. The van der Waals surface area contributed by atoms with Gasteiger partial charge in [-0.3, -0.25) is 9.36 Å². The number of hydrogen-bond acceptors (Lipinski definition) is 4. The Balaban J connectivity index is 1.82. The predicted octanol–water partition coefficient (Wildman–Crippen LogP) is 5.80. The van der Waals surface area contributed by atoms with Gasteiger partial charge in [-0.1, -0.05) is 54.2 Å². The zero-order valence-electron chi connectivity index (χ0n) is 16.1. The van der Waals surface area contributed by atoms with E-state index in [0.717, 1.165) is 45.0 Å². The van der Waals surface area contributed by atoms with Crippen molar-refractivity contribution in [1.82, 2.24) is 9.55 Å². The van der Waals surface area contributed by atoms with Crippen LogP contribution in [0.15, 0.2) is 71.1 Å². The van der Waals surface area contributed by atoms with Gasteiger partial charge in [0, 0.05) is 10.6 Å². The van der Waals surface area contributed by atoms with E-state index >= 15 is 0 Å². The van der Waals surface area contributed by atoms with Crippen molar-refractivity contribution in [3.63, 3.8) is 0 Å². The Hall–Kier alpha value is -2.63. The van der Waals surface area contributed by atoms with Crippen molar-refractivity contribution in [2.24, 2.45) is 0 Å². The average Bonchev–Trinajstić information content (AvgIpc) is 3.11. The monoisotopic (exact) mass is 416 g/mol. The lowest BCUT2D eigenvalue weighted by Gasteiger charge is -2.16. The number of aryl methyl sites for hydroxylation is 3. The van der Waals surface area contributed by atoms with Crippen molar-refractivity contribution in [2.75, 3.05) is 5.75 Å². The zero-order valence-corrected chi connectivity index (χ0v) is 17.8. The van der Waals surface area contributed by atoms with E-state index in [1.807, 2.05) is 37.3 Å². The molecule has 0 unspecified atom stereocenters. The maximum absolute atomic E-state index is 13.8. The van der Waals surface area contributed by atoms with Gasteiger partial charge in [-0.2, -0.15) is 0 Å². The molecule has 1 aliphatic carbocycles. The summed E-state index contributed by atoms with van der Waals surface area (Å²) in [6.07, 6.45) is 3.69. The van der Waals surface area contributed by atoms with Crippen molar-refractivity contribution in [3.05, 3.63) is 88.2 Å². The molecule has 3 nitrogen and oxygen atoms in total. The standard InChI is InChI=1S/C24H20N2OS2/c1-3-13-28-24-25-22-20(23(27)26(24)17-9-6-7-15(2)14-17)19-12-11-16-8-4-5-10-18(16)21(19)29-22/h3-10,14H,1,11-13H2,2H3. The Morgan fingerprint density at radius 2 is 2.07 bits per heavy atom. The molecule has 144 valence electrons. The molecule has 5 heteroatoms. The number of nitrogens with zero attached hydrogens (tertiary/aromatic N) is 2. The van der Waals surface area contributed by atoms with Crippen molar-refractivity contribution in [1.29, 1.82) is 0 Å². The number of aromatic nitrogens is 2. The van der Waals surface area contributed by atoms with Crippen LogP contribution in [0.5, 0.6) is 0 Å². The van der Waals surface area contributed by atoms with E-state index in [0.29, 0.717) is 5.75 Å². The summed E-state index contributed by atoms with van der Waals surface area (Å²) >= 11 is 3.20. The first-order chi connectivity index (χ1) is 14.2. The van der Waals surface area contributed by atoms with E-state index in [9.17, 15) is 4.79 Å². The molecule has 0 fully saturated rings. The van der Waals surface area contributed by atoms with Crippen LogP contribution in [0, 0.1) is 6.92 Å². The average molecular weight is 417 g/mol. The van der Waals surface area contributed by atoms with E-state index in [1.165, 1.54) is 16.0 Å². The number of benzene rings is 2. The van der Waals surface area contributed by atoms with Crippen molar-refractivity contribution < 1.29 is 0 Å². The lowest BCUT2D eigenvalue weighted by molar-refractivity contribution is 0.820. The third-order valence-electron chi connectivity index (χ3n) is 5.29. The molecule has 2 aromatic carbocycles. The van der Waals surface area contributed by atoms with Gasteiger partial charge < -0.3 is 0 Å². The summed E-state index contributed by atoms with van der Waals surface area (Å²) in [5.41, 5.74) is 5.78. The number of fused-ring (bicyclic) bond motifs is 5. The van der Waals surface area contributed by atoms with E-state index < -0.39 is 0 Å². The second-order valence-electron chi connectivity index (χ2n) is 7.22. The Labute approximate surface area is 177 Å². The third kappa shape index (κ3) is 3.05. The molecular formula is C24H20N2OS2. The normalized spacial score (nSPS) is 12.6. The molecule has 4 aromatic rings. The molecule has 5 rings (SSSR count). The fourth-order valence-corrected chi connectivity index (χ4v) is 6.06. The quantitative estimate of drug-likeness (QED) is 0.240. The summed E-state index contributed by atoms with van der Waals surface area (Å²) < 4.78 is 1.77. The van der Waals surface area contributed by atoms with E-state index in [-0.39, 0.29) is 5.56 Å². The maximum Gasteiger partial charge on any atom is 0.267 e. The molecule has 29 heavy (non-hydrogen) atoms. The summed E-state index contributed by atoms with van der Waals surface area (Å²) in [7, 11) is 0. The first kappa shape index (κ1) is 18.4. The van der Waals surface area contributed by atoms with Gasteiger partial charge in [0.05, 0.1) is 11.1 Å². The van der Waals surface area contributed by atoms with Crippen molar-refractivity contribution in [3.8, 4) is 16.1 Å². The number of hydrogen-bond donors (Lipinski definition) is 0. The second-order valence-corrected chi connectivity index (χ2v) is 9.21. The zero-order chi connectivity index (χ0) is 20.0. The maximum atomic E-state index is 13.8. The smallest absolute Gasteiger partial charge is 0.267 e. The summed E-state index contributed by atoms with van der Waals surface area (Å²) in [4.78, 5) is 20.8. The fraction of sp³-hybridized carbons (Fsp3) is 0.167. The van der Waals surface area contributed by atoms with Gasteiger partial charge in [0.25, 0.3) is 5.56 Å². The van der Waals surface area contributed by atoms with Gasteiger partial charge in [0.2, 0.25) is 0 Å². The van der Waals surface area contributed by atoms with Crippen LogP contribution in [0.2, 0.25) is 0 Å². The van der Waals surface area contributed by atoms with Crippen LogP contribution in [-0.2, 0) is 12.8 Å². The van der Waals surface area contributed by atoms with Gasteiger partial charge in [-0.15, -0.1) is 17.9 Å². The van der Waals surface area contributed by atoms with Crippen LogP contribution in [0.1, 0.15) is 16.7 Å². The Kier molecular flexibility index (Phi) is 4.64. The van der Waals surface area contributed by atoms with E-state index in [2.05, 4.69) is 30.8 Å². The first-order valence-corrected chi connectivity index (χ1v) is 11.4. The molecule has 0 atom stereocenters. The Bertz CT molecular complexity index is 1320. The SMILES string of the molecule is C=CCSc1nc2sc3c(c2c(=O)n1-c1cccc(C)c1)CCc1ccccc1-3. The predicted molar refractivity (Wildman–Crippen MR) is 124 cm³/mol. The number of rotatable bonds is 4. The Morgan fingerprint density at radius 3 is 2.90 bits per heavy atom. The van der Waals surface area contributed by atoms with E-state index in [4.69, 9.17) is 4.98 Å². The molecule has 0 aliphatic heterocycles. The largest absolute Gasteiger partial charge is 0.268 e. The van der Waals surface area contributed by atoms with Crippen LogP contribution in [-0.4, -0.2) is 15.3 Å². The van der Waals surface area contributed by atoms with Crippen LogP contribution in [0.3, 0.4) is 0 Å². The Morgan fingerprint density at radius 1 is 1.21 bits per heavy atom. The van der Waals surface area contributed by atoms with Gasteiger partial charge in [-0.25, -0.2) is 4.98 Å². The summed E-state index contributed by atoms with van der Waals surface area (Å²) in [5, 5.41) is 1.50. The lowest BCUT2D eigenvalue weighted by Crippen LogP contribution is -2.22. The summed E-state index contributed by atoms with van der Waals surface area (Å²) in [5.74, 6) is 0.706. The highest BCUT2D eigenvalue weighted by Crippen LogP contribution is 2.42. The molecule has 0 spiro atoms.